The van der Waals surface area contributed by atoms with Crippen LogP contribution in [-0.2, 0) is 18.2 Å². The number of carbonyl (C=O) groups is 1. The number of esters is 1. The highest BCUT2D eigenvalue weighted by Gasteiger charge is 2.27. The van der Waals surface area contributed by atoms with Gasteiger partial charge >= 0.3 is 11.7 Å². The van der Waals surface area contributed by atoms with E-state index in [1.165, 1.54) is 25.5 Å². The molecular weight excluding hydrogens is 392 g/mol. The zero-order chi connectivity index (χ0) is 20.9. The van der Waals surface area contributed by atoms with Gasteiger partial charge in [0.15, 0.2) is 0 Å². The van der Waals surface area contributed by atoms with E-state index in [9.17, 15) is 14.4 Å². The van der Waals surface area contributed by atoms with E-state index in [-0.39, 0.29) is 17.0 Å². The van der Waals surface area contributed by atoms with Crippen LogP contribution in [0.5, 0.6) is 0 Å². The van der Waals surface area contributed by atoms with Crippen LogP contribution in [0.25, 0.3) is 21.3 Å². The molecule has 0 aliphatic heterocycles. The van der Waals surface area contributed by atoms with Crippen molar-refractivity contribution in [2.75, 3.05) is 7.11 Å². The van der Waals surface area contributed by atoms with Gasteiger partial charge in [-0.3, -0.25) is 13.9 Å². The number of nitrogens with zero attached hydrogens (tertiary/aromatic N) is 3. The van der Waals surface area contributed by atoms with E-state index >= 15 is 0 Å². The second-order valence-corrected chi connectivity index (χ2v) is 8.16. The molecule has 0 fully saturated rings. The van der Waals surface area contributed by atoms with Crippen molar-refractivity contribution in [1.82, 2.24) is 19.1 Å². The number of rotatable bonds is 4. The van der Waals surface area contributed by atoms with Crippen molar-refractivity contribution in [1.29, 1.82) is 0 Å². The Morgan fingerprint density at radius 3 is 2.79 bits per heavy atom. The molecule has 0 amide bonds. The fourth-order valence-electron chi connectivity index (χ4n) is 3.57. The summed E-state index contributed by atoms with van der Waals surface area (Å²) in [5, 5.41) is 1.17. The smallest absolute Gasteiger partial charge is 0.339 e. The largest absolute Gasteiger partial charge is 0.465 e. The average Bonchev–Trinajstić information content (AvgIpc) is 3.27. The van der Waals surface area contributed by atoms with Crippen LogP contribution in [0.4, 0.5) is 0 Å². The van der Waals surface area contributed by atoms with Crippen molar-refractivity contribution >= 4 is 38.6 Å². The molecule has 4 aromatic rings. The van der Waals surface area contributed by atoms with Crippen LogP contribution in [0.15, 0.2) is 34.1 Å². The van der Waals surface area contributed by atoms with Crippen LogP contribution in [0.1, 0.15) is 40.7 Å². The zero-order valence-electron chi connectivity index (χ0n) is 16.5. The number of fused-ring (bicyclic) bond motifs is 2. The quantitative estimate of drug-likeness (QED) is 0.520. The number of ether oxygens (including phenoxy) is 1. The molecule has 0 saturated carbocycles. The first kappa shape index (κ1) is 19.1. The third-order valence-electron chi connectivity index (χ3n) is 4.99. The molecule has 150 valence electrons. The lowest BCUT2D eigenvalue weighted by molar-refractivity contribution is 0.0602. The van der Waals surface area contributed by atoms with E-state index in [2.05, 4.69) is 9.97 Å². The SMILES string of the molecule is COC(=O)c1c(Cc2c[nH]c3ncccc23)sc2c1c(=O)n(C)c(=O)n2C(C)C. The zero-order valence-corrected chi connectivity index (χ0v) is 17.3. The minimum absolute atomic E-state index is 0.175. The maximum Gasteiger partial charge on any atom is 0.339 e. The van der Waals surface area contributed by atoms with Gasteiger partial charge in [0, 0.05) is 42.2 Å². The average molecular weight is 412 g/mol. The van der Waals surface area contributed by atoms with Gasteiger partial charge in [0.1, 0.15) is 10.5 Å². The molecule has 0 atom stereocenters. The molecule has 4 rings (SSSR count). The van der Waals surface area contributed by atoms with Crippen molar-refractivity contribution < 1.29 is 9.53 Å². The maximum absolute atomic E-state index is 12.9. The normalized spacial score (nSPS) is 11.6. The van der Waals surface area contributed by atoms with Crippen LogP contribution in [-0.4, -0.2) is 32.2 Å². The fourth-order valence-corrected chi connectivity index (χ4v) is 4.99. The lowest BCUT2D eigenvalue weighted by atomic mass is 10.1. The van der Waals surface area contributed by atoms with Crippen molar-refractivity contribution in [2.24, 2.45) is 7.05 Å². The summed E-state index contributed by atoms with van der Waals surface area (Å²) in [6.07, 6.45) is 3.95. The molecule has 0 aromatic carbocycles. The summed E-state index contributed by atoms with van der Waals surface area (Å²) >= 11 is 1.28. The van der Waals surface area contributed by atoms with Gasteiger partial charge in [-0.05, 0) is 31.5 Å². The number of methoxy groups -OCH3 is 1. The number of pyridine rings is 1. The van der Waals surface area contributed by atoms with E-state index in [1.54, 1.807) is 10.8 Å². The third kappa shape index (κ3) is 2.89. The molecule has 8 nitrogen and oxygen atoms in total. The molecule has 0 aliphatic carbocycles. The first-order chi connectivity index (χ1) is 13.8. The number of nitrogens with one attached hydrogen (secondary N) is 1. The van der Waals surface area contributed by atoms with Crippen molar-refractivity contribution in [3.63, 3.8) is 0 Å². The molecule has 1 N–H and O–H groups in total. The summed E-state index contributed by atoms with van der Waals surface area (Å²) in [6, 6.07) is 3.62. The van der Waals surface area contributed by atoms with E-state index in [0.717, 1.165) is 21.2 Å². The Morgan fingerprint density at radius 1 is 1.34 bits per heavy atom. The molecule has 0 aliphatic rings. The van der Waals surface area contributed by atoms with Gasteiger partial charge < -0.3 is 9.72 Å². The van der Waals surface area contributed by atoms with E-state index in [0.29, 0.717) is 16.1 Å². The van der Waals surface area contributed by atoms with Crippen LogP contribution >= 0.6 is 11.3 Å². The van der Waals surface area contributed by atoms with E-state index in [1.807, 2.05) is 32.2 Å². The van der Waals surface area contributed by atoms with Gasteiger partial charge in [-0.1, -0.05) is 0 Å². The third-order valence-corrected chi connectivity index (χ3v) is 6.18. The maximum atomic E-state index is 12.9. The number of H-pyrrole nitrogens is 1. The standard InChI is InChI=1S/C20H20N4O4S/c1-10(2)24-18-15(17(25)23(3)20(24)27)14(19(26)28-4)13(29-18)8-11-9-22-16-12(11)6-5-7-21-16/h5-7,9-10H,8H2,1-4H3,(H,21,22). The number of aromatic nitrogens is 4. The number of hydrogen-bond acceptors (Lipinski definition) is 6. The Bertz CT molecular complexity index is 1370. The molecule has 0 bridgehead atoms. The summed E-state index contributed by atoms with van der Waals surface area (Å²) in [5.41, 5.74) is 1.02. The van der Waals surface area contributed by atoms with Crippen LogP contribution in [0.3, 0.4) is 0 Å². The molecule has 4 heterocycles. The topological polar surface area (TPSA) is 99.0 Å². The number of carbonyl (C=O) groups excluding carboxylic acids is 1. The minimum Gasteiger partial charge on any atom is -0.465 e. The van der Waals surface area contributed by atoms with Gasteiger partial charge in [0.2, 0.25) is 0 Å². The lowest BCUT2D eigenvalue weighted by Gasteiger charge is -2.12. The Kier molecular flexibility index (Phi) is 4.62. The van der Waals surface area contributed by atoms with Gasteiger partial charge in [-0.15, -0.1) is 11.3 Å². The van der Waals surface area contributed by atoms with Gasteiger partial charge in [0.25, 0.3) is 5.56 Å². The monoisotopic (exact) mass is 412 g/mol. The highest BCUT2D eigenvalue weighted by Crippen LogP contribution is 2.33. The lowest BCUT2D eigenvalue weighted by Crippen LogP contribution is -2.38. The highest BCUT2D eigenvalue weighted by atomic mass is 32.1. The summed E-state index contributed by atoms with van der Waals surface area (Å²) in [6.45, 7) is 3.74. The predicted molar refractivity (Wildman–Crippen MR) is 112 cm³/mol. The van der Waals surface area contributed by atoms with E-state index in [4.69, 9.17) is 4.74 Å². The number of aromatic amines is 1. The Labute approximate surface area is 169 Å². The second kappa shape index (κ2) is 7.00. The summed E-state index contributed by atoms with van der Waals surface area (Å²) in [5.74, 6) is -0.588. The van der Waals surface area contributed by atoms with Gasteiger partial charge in [-0.25, -0.2) is 14.6 Å². The number of hydrogen-bond donors (Lipinski definition) is 1. The molecule has 0 radical (unpaired) electrons. The molecular formula is C20H20N4O4S. The predicted octanol–water partition coefficient (Wildman–Crippen LogP) is 2.60. The fraction of sp³-hybridized carbons (Fsp3) is 0.300. The van der Waals surface area contributed by atoms with Gasteiger partial charge in [0.05, 0.1) is 18.1 Å². The summed E-state index contributed by atoms with van der Waals surface area (Å²) in [7, 11) is 2.71. The Morgan fingerprint density at radius 2 is 2.10 bits per heavy atom. The van der Waals surface area contributed by atoms with Crippen molar-refractivity contribution in [3.05, 3.63) is 61.4 Å². The summed E-state index contributed by atoms with van der Waals surface area (Å²) < 4.78 is 7.58. The Balaban J connectivity index is 2.05. The van der Waals surface area contributed by atoms with Crippen LogP contribution in [0, 0.1) is 0 Å². The molecule has 0 unspecified atom stereocenters. The Hall–Kier alpha value is -3.20. The first-order valence-corrected chi connectivity index (χ1v) is 9.93. The van der Waals surface area contributed by atoms with E-state index < -0.39 is 17.2 Å². The van der Waals surface area contributed by atoms with Crippen LogP contribution in [0.2, 0.25) is 0 Å². The highest BCUT2D eigenvalue weighted by molar-refractivity contribution is 7.19. The second-order valence-electron chi connectivity index (χ2n) is 7.07. The summed E-state index contributed by atoms with van der Waals surface area (Å²) in [4.78, 5) is 46.9. The van der Waals surface area contributed by atoms with Crippen LogP contribution < -0.4 is 11.2 Å². The molecule has 29 heavy (non-hydrogen) atoms. The molecule has 4 aromatic heterocycles. The van der Waals surface area contributed by atoms with Gasteiger partial charge in [-0.2, -0.15) is 0 Å². The minimum atomic E-state index is -0.588. The van der Waals surface area contributed by atoms with Crippen molar-refractivity contribution in [3.8, 4) is 0 Å². The van der Waals surface area contributed by atoms with Crippen molar-refractivity contribution in [2.45, 2.75) is 26.3 Å². The number of thiophene rings is 1. The molecule has 0 spiro atoms. The molecule has 0 saturated heterocycles. The first-order valence-electron chi connectivity index (χ1n) is 9.11. The molecule has 9 heteroatoms.